The van der Waals surface area contributed by atoms with Gasteiger partial charge in [0.2, 0.25) is 5.91 Å². The average molecular weight is 450 g/mol. The van der Waals surface area contributed by atoms with Gasteiger partial charge in [0.25, 0.3) is 0 Å². The first-order valence-electron chi connectivity index (χ1n) is 9.34. The van der Waals surface area contributed by atoms with Crippen LogP contribution in [-0.2, 0) is 21.5 Å². The highest BCUT2D eigenvalue weighted by atomic mass is 79.9. The zero-order valence-electron chi connectivity index (χ0n) is 15.6. The smallest absolute Gasteiger partial charge is 0.236 e. The molecular formula is C20H24BrN3O2S. The second-order valence-electron chi connectivity index (χ2n) is 7.64. The van der Waals surface area contributed by atoms with Crippen molar-refractivity contribution in [2.75, 3.05) is 18.4 Å². The summed E-state index contributed by atoms with van der Waals surface area (Å²) in [7, 11) is 0. The van der Waals surface area contributed by atoms with Crippen LogP contribution in [0.2, 0.25) is 0 Å². The number of halogens is 1. The number of benzene rings is 1. The molecule has 27 heavy (non-hydrogen) atoms. The molecule has 1 aliphatic carbocycles. The minimum absolute atomic E-state index is 0.0510. The Morgan fingerprint density at radius 2 is 2.11 bits per heavy atom. The van der Waals surface area contributed by atoms with Crippen molar-refractivity contribution in [3.05, 3.63) is 45.4 Å². The lowest BCUT2D eigenvalue weighted by molar-refractivity contribution is -0.118. The van der Waals surface area contributed by atoms with E-state index in [-0.39, 0.29) is 18.1 Å². The van der Waals surface area contributed by atoms with Crippen LogP contribution in [-0.4, -0.2) is 41.1 Å². The van der Waals surface area contributed by atoms with E-state index in [1.54, 1.807) is 0 Å². The minimum atomic E-state index is -0.398. The van der Waals surface area contributed by atoms with E-state index in [1.165, 1.54) is 11.3 Å². The van der Waals surface area contributed by atoms with Gasteiger partial charge >= 0.3 is 0 Å². The van der Waals surface area contributed by atoms with Crippen molar-refractivity contribution in [2.24, 2.45) is 0 Å². The van der Waals surface area contributed by atoms with E-state index in [2.05, 4.69) is 45.0 Å². The number of aromatic nitrogens is 1. The molecule has 1 N–H and O–H groups in total. The van der Waals surface area contributed by atoms with Crippen molar-refractivity contribution < 1.29 is 9.53 Å². The van der Waals surface area contributed by atoms with Crippen molar-refractivity contribution in [3.63, 3.8) is 0 Å². The van der Waals surface area contributed by atoms with E-state index in [0.717, 1.165) is 48.2 Å². The Morgan fingerprint density at radius 1 is 1.37 bits per heavy atom. The maximum atomic E-state index is 12.9. The predicted molar refractivity (Wildman–Crippen MR) is 111 cm³/mol. The molecule has 2 unspecified atom stereocenters. The van der Waals surface area contributed by atoms with Gasteiger partial charge in [0.1, 0.15) is 0 Å². The molecule has 5 nitrogen and oxygen atoms in total. The minimum Gasteiger partial charge on any atom is -0.373 e. The summed E-state index contributed by atoms with van der Waals surface area (Å²) >= 11 is 5.00. The predicted octanol–water partition coefficient (Wildman–Crippen LogP) is 4.19. The summed E-state index contributed by atoms with van der Waals surface area (Å²) in [5.41, 5.74) is 1.68. The van der Waals surface area contributed by atoms with E-state index in [1.807, 2.05) is 29.6 Å². The Hall–Kier alpha value is -1.28. The molecular weight excluding hydrogens is 426 g/mol. The number of nitrogens with zero attached hydrogens (tertiary/aromatic N) is 2. The zero-order valence-corrected chi connectivity index (χ0v) is 18.0. The molecule has 0 spiro atoms. The van der Waals surface area contributed by atoms with Gasteiger partial charge in [-0.25, -0.2) is 4.98 Å². The Labute approximate surface area is 172 Å². The van der Waals surface area contributed by atoms with Gasteiger partial charge in [-0.3, -0.25) is 9.69 Å². The highest BCUT2D eigenvalue weighted by molar-refractivity contribution is 9.10. The third kappa shape index (κ3) is 4.26. The molecule has 2 fully saturated rings. The maximum absolute atomic E-state index is 12.9. The summed E-state index contributed by atoms with van der Waals surface area (Å²) in [4.78, 5) is 19.9. The number of carbonyl (C=O) groups is 1. The van der Waals surface area contributed by atoms with Crippen LogP contribution in [0.1, 0.15) is 37.9 Å². The highest BCUT2D eigenvalue weighted by Crippen LogP contribution is 2.49. The fourth-order valence-corrected chi connectivity index (χ4v) is 4.95. The van der Waals surface area contributed by atoms with Gasteiger partial charge in [0, 0.05) is 29.5 Å². The molecule has 2 aromatic rings. The number of ether oxygens (including phenoxy) is 1. The van der Waals surface area contributed by atoms with Crippen molar-refractivity contribution >= 4 is 38.3 Å². The van der Waals surface area contributed by atoms with Crippen LogP contribution in [0.15, 0.2) is 34.1 Å². The number of carbonyl (C=O) groups excluding carboxylic acids is 1. The summed E-state index contributed by atoms with van der Waals surface area (Å²) in [6.45, 7) is 6.82. The van der Waals surface area contributed by atoms with Gasteiger partial charge in [-0.2, -0.15) is 0 Å². The van der Waals surface area contributed by atoms with Crippen LogP contribution in [0.3, 0.4) is 0 Å². The molecule has 4 rings (SSSR count). The van der Waals surface area contributed by atoms with E-state index in [4.69, 9.17) is 4.74 Å². The van der Waals surface area contributed by atoms with Crippen molar-refractivity contribution in [1.82, 2.24) is 9.88 Å². The van der Waals surface area contributed by atoms with Crippen LogP contribution in [0, 0.1) is 0 Å². The van der Waals surface area contributed by atoms with Crippen molar-refractivity contribution in [2.45, 2.75) is 50.9 Å². The first-order chi connectivity index (χ1) is 12.9. The molecule has 0 radical (unpaired) electrons. The SMILES string of the molecule is CC1CN(Cc2csc(NC(=O)C3(c4cccc(Br)c4)CC3)n2)CC(C)O1. The lowest BCUT2D eigenvalue weighted by Gasteiger charge is -2.34. The molecule has 1 amide bonds. The molecule has 1 saturated carbocycles. The highest BCUT2D eigenvalue weighted by Gasteiger charge is 2.51. The fraction of sp³-hybridized carbons (Fsp3) is 0.500. The Morgan fingerprint density at radius 3 is 2.78 bits per heavy atom. The van der Waals surface area contributed by atoms with Gasteiger partial charge in [-0.1, -0.05) is 28.1 Å². The fourth-order valence-electron chi connectivity index (χ4n) is 3.85. The van der Waals surface area contributed by atoms with Crippen molar-refractivity contribution in [3.8, 4) is 0 Å². The number of morpholine rings is 1. The monoisotopic (exact) mass is 449 g/mol. The quantitative estimate of drug-likeness (QED) is 0.743. The first kappa shape index (κ1) is 19.1. The van der Waals surface area contributed by atoms with Crippen LogP contribution < -0.4 is 5.32 Å². The molecule has 1 aromatic heterocycles. The normalized spacial score (nSPS) is 24.6. The van der Waals surface area contributed by atoms with Gasteiger partial charge in [-0.15, -0.1) is 11.3 Å². The average Bonchev–Trinajstić information content (AvgIpc) is 3.31. The standard InChI is InChI=1S/C20H24BrN3O2S/c1-13-9-24(10-14(2)26-13)11-17-12-27-19(22-17)23-18(25)20(6-7-20)15-4-3-5-16(21)8-15/h3-5,8,12-14H,6-7,9-11H2,1-2H3,(H,22,23,25). The molecule has 2 aliphatic rings. The van der Waals surface area contributed by atoms with E-state index in [9.17, 15) is 4.79 Å². The molecule has 144 valence electrons. The number of nitrogens with one attached hydrogen (secondary N) is 1. The number of rotatable bonds is 5. The van der Waals surface area contributed by atoms with Gasteiger partial charge in [0.05, 0.1) is 23.3 Å². The Balaban J connectivity index is 1.40. The summed E-state index contributed by atoms with van der Waals surface area (Å²) in [6, 6.07) is 8.04. The summed E-state index contributed by atoms with van der Waals surface area (Å²) < 4.78 is 6.79. The van der Waals surface area contributed by atoms with Gasteiger partial charge in [0.15, 0.2) is 5.13 Å². The van der Waals surface area contributed by atoms with Crippen LogP contribution >= 0.6 is 27.3 Å². The molecule has 0 bridgehead atoms. The van der Waals surface area contributed by atoms with E-state index < -0.39 is 5.41 Å². The zero-order chi connectivity index (χ0) is 19.0. The van der Waals surface area contributed by atoms with Crippen LogP contribution in [0.5, 0.6) is 0 Å². The first-order valence-corrected chi connectivity index (χ1v) is 11.0. The molecule has 7 heteroatoms. The Kier molecular flexibility index (Phi) is 5.38. The lowest BCUT2D eigenvalue weighted by Crippen LogP contribution is -2.44. The lowest BCUT2D eigenvalue weighted by atomic mass is 9.95. The number of hydrogen-bond acceptors (Lipinski definition) is 5. The van der Waals surface area contributed by atoms with E-state index in [0.29, 0.717) is 5.13 Å². The molecule has 2 atom stereocenters. The summed E-state index contributed by atoms with van der Waals surface area (Å²) in [5.74, 6) is 0.0510. The Bertz CT molecular complexity index is 826. The number of hydrogen-bond donors (Lipinski definition) is 1. The third-order valence-electron chi connectivity index (χ3n) is 5.21. The van der Waals surface area contributed by atoms with Gasteiger partial charge in [-0.05, 0) is 44.4 Å². The van der Waals surface area contributed by atoms with Gasteiger partial charge < -0.3 is 10.1 Å². The largest absolute Gasteiger partial charge is 0.373 e. The third-order valence-corrected chi connectivity index (χ3v) is 6.51. The second kappa shape index (κ2) is 7.62. The molecule has 1 aromatic carbocycles. The van der Waals surface area contributed by atoms with Crippen LogP contribution in [0.25, 0.3) is 0 Å². The number of thiazole rings is 1. The summed E-state index contributed by atoms with van der Waals surface area (Å²) in [5, 5.41) is 5.77. The van der Waals surface area contributed by atoms with E-state index >= 15 is 0 Å². The van der Waals surface area contributed by atoms with Crippen LogP contribution in [0.4, 0.5) is 5.13 Å². The topological polar surface area (TPSA) is 54.5 Å². The molecule has 1 aliphatic heterocycles. The summed E-state index contributed by atoms with van der Waals surface area (Å²) in [6.07, 6.45) is 2.26. The second-order valence-corrected chi connectivity index (χ2v) is 9.42. The maximum Gasteiger partial charge on any atom is 0.236 e. The number of amides is 1. The van der Waals surface area contributed by atoms with Crippen molar-refractivity contribution in [1.29, 1.82) is 0 Å². The number of anilines is 1. The molecule has 1 saturated heterocycles. The molecule has 2 heterocycles.